The monoisotopic (exact) mass is 363 g/mol. The van der Waals surface area contributed by atoms with Crippen LogP contribution in [0, 0.1) is 0 Å². The van der Waals surface area contributed by atoms with Crippen LogP contribution in [-0.2, 0) is 12.8 Å². The first-order chi connectivity index (χ1) is 12.4. The molecule has 3 rings (SSSR count). The van der Waals surface area contributed by atoms with Gasteiger partial charge >= 0.3 is 6.18 Å². The molecular weight excluding hydrogens is 343 g/mol. The molecule has 0 fully saturated rings. The van der Waals surface area contributed by atoms with E-state index in [2.05, 4.69) is 22.2 Å². The third kappa shape index (κ3) is 5.00. The highest BCUT2D eigenvalue weighted by Gasteiger charge is 2.28. The number of amides is 1. The Morgan fingerprint density at radius 3 is 2.46 bits per heavy atom. The maximum atomic E-state index is 12.4. The van der Waals surface area contributed by atoms with E-state index in [-0.39, 0.29) is 17.7 Å². The minimum atomic E-state index is -4.38. The second-order valence-corrected chi connectivity index (χ2v) is 6.46. The fraction of sp³-hybridized carbons (Fsp3) is 0.350. The van der Waals surface area contributed by atoms with Gasteiger partial charge in [0.05, 0.1) is 0 Å². The van der Waals surface area contributed by atoms with Crippen molar-refractivity contribution in [3.8, 4) is 5.75 Å². The van der Waals surface area contributed by atoms with Crippen LogP contribution >= 0.6 is 0 Å². The Bertz CT molecular complexity index is 756. The normalized spacial score (nSPS) is 17.1. The number of hydrogen-bond acceptors (Lipinski definition) is 2. The van der Waals surface area contributed by atoms with Crippen molar-refractivity contribution < 1.29 is 22.7 Å². The van der Waals surface area contributed by atoms with Crippen LogP contribution in [0.2, 0.25) is 0 Å². The topological polar surface area (TPSA) is 38.3 Å². The van der Waals surface area contributed by atoms with E-state index < -0.39 is 12.8 Å². The van der Waals surface area contributed by atoms with Crippen LogP contribution in [0.4, 0.5) is 13.2 Å². The Morgan fingerprint density at radius 2 is 1.77 bits per heavy atom. The van der Waals surface area contributed by atoms with Crippen LogP contribution < -0.4 is 10.1 Å². The number of rotatable bonds is 4. The smallest absolute Gasteiger partial charge is 0.422 e. The summed E-state index contributed by atoms with van der Waals surface area (Å²) in [4.78, 5) is 12.4. The van der Waals surface area contributed by atoms with Gasteiger partial charge in [-0.25, -0.2) is 0 Å². The summed E-state index contributed by atoms with van der Waals surface area (Å²) in [6.45, 7) is -1.35. The zero-order valence-corrected chi connectivity index (χ0v) is 14.2. The van der Waals surface area contributed by atoms with Gasteiger partial charge in [-0.2, -0.15) is 13.2 Å². The molecule has 0 bridgehead atoms. The molecule has 0 radical (unpaired) electrons. The molecule has 0 saturated carbocycles. The molecule has 1 atom stereocenters. The maximum absolute atomic E-state index is 12.4. The summed E-state index contributed by atoms with van der Waals surface area (Å²) in [7, 11) is 0. The fourth-order valence-corrected chi connectivity index (χ4v) is 3.17. The zero-order chi connectivity index (χ0) is 18.6. The van der Waals surface area contributed by atoms with Gasteiger partial charge in [-0.15, -0.1) is 0 Å². The highest BCUT2D eigenvalue weighted by molar-refractivity contribution is 5.94. The number of ether oxygens (including phenoxy) is 1. The van der Waals surface area contributed by atoms with Gasteiger partial charge < -0.3 is 10.1 Å². The van der Waals surface area contributed by atoms with Crippen molar-refractivity contribution in [3.63, 3.8) is 0 Å². The lowest BCUT2D eigenvalue weighted by molar-refractivity contribution is -0.153. The molecular formula is C20H20F3NO2. The first kappa shape index (κ1) is 18.3. The standard InChI is InChI=1S/C20H20F3NO2/c21-20(22,23)13-26-18-10-8-15(9-11-18)19(25)24-17-7-3-6-14-4-1-2-5-16(14)12-17/h1-2,4-5,8-11,17H,3,6-7,12-13H2,(H,24,25)/t17-/m0/s1. The molecule has 2 aromatic carbocycles. The Balaban J connectivity index is 1.59. The van der Waals surface area contributed by atoms with Gasteiger partial charge in [0.15, 0.2) is 6.61 Å². The largest absolute Gasteiger partial charge is 0.484 e. The molecule has 1 aliphatic carbocycles. The molecule has 3 nitrogen and oxygen atoms in total. The fourth-order valence-electron chi connectivity index (χ4n) is 3.17. The number of carbonyl (C=O) groups is 1. The predicted octanol–water partition coefficient (Wildman–Crippen LogP) is 4.31. The Kier molecular flexibility index (Phi) is 5.49. The van der Waals surface area contributed by atoms with Crippen LogP contribution in [0.3, 0.4) is 0 Å². The Hall–Kier alpha value is -2.50. The van der Waals surface area contributed by atoms with E-state index in [1.807, 2.05) is 12.1 Å². The number of aryl methyl sites for hydroxylation is 1. The number of fused-ring (bicyclic) bond motifs is 1. The van der Waals surface area contributed by atoms with Crippen molar-refractivity contribution in [3.05, 3.63) is 65.2 Å². The van der Waals surface area contributed by atoms with E-state index in [0.29, 0.717) is 5.56 Å². The first-order valence-electron chi connectivity index (χ1n) is 8.58. The summed E-state index contributed by atoms with van der Waals surface area (Å²) in [5, 5.41) is 3.03. The molecule has 1 N–H and O–H groups in total. The van der Waals surface area contributed by atoms with Crippen LogP contribution in [0.1, 0.15) is 34.3 Å². The number of carbonyl (C=O) groups excluding carboxylic acids is 1. The van der Waals surface area contributed by atoms with Gasteiger partial charge in [0.25, 0.3) is 5.91 Å². The summed E-state index contributed by atoms with van der Waals surface area (Å²) in [5.41, 5.74) is 2.99. The summed E-state index contributed by atoms with van der Waals surface area (Å²) in [6, 6.07) is 14.0. The Morgan fingerprint density at radius 1 is 1.08 bits per heavy atom. The number of halogens is 3. The minimum absolute atomic E-state index is 0.0484. The molecule has 0 heterocycles. The molecule has 0 unspecified atom stereocenters. The lowest BCUT2D eigenvalue weighted by Gasteiger charge is -2.17. The summed E-state index contributed by atoms with van der Waals surface area (Å²) < 4.78 is 41.1. The van der Waals surface area contributed by atoms with Gasteiger partial charge in [0.1, 0.15) is 5.75 Å². The van der Waals surface area contributed by atoms with Crippen LogP contribution in [0.15, 0.2) is 48.5 Å². The molecule has 0 aliphatic heterocycles. The van der Waals surface area contributed by atoms with Crippen molar-refractivity contribution in [2.75, 3.05) is 6.61 Å². The van der Waals surface area contributed by atoms with Crippen molar-refractivity contribution in [1.29, 1.82) is 0 Å². The second-order valence-electron chi connectivity index (χ2n) is 6.46. The lowest BCUT2D eigenvalue weighted by atomic mass is 10.0. The number of benzene rings is 2. The summed E-state index contributed by atoms with van der Waals surface area (Å²) in [6.07, 6.45) is -0.687. The van der Waals surface area contributed by atoms with Crippen LogP contribution in [0.25, 0.3) is 0 Å². The van der Waals surface area contributed by atoms with E-state index in [1.165, 1.54) is 35.4 Å². The quantitative estimate of drug-likeness (QED) is 0.823. The molecule has 2 aromatic rings. The van der Waals surface area contributed by atoms with Crippen molar-refractivity contribution in [1.82, 2.24) is 5.32 Å². The zero-order valence-electron chi connectivity index (χ0n) is 14.2. The first-order valence-corrected chi connectivity index (χ1v) is 8.58. The summed E-state index contributed by atoms with van der Waals surface area (Å²) in [5.74, 6) is -0.140. The Labute approximate surface area is 150 Å². The van der Waals surface area contributed by atoms with Gasteiger partial charge in [0.2, 0.25) is 0 Å². The molecule has 0 spiro atoms. The average Bonchev–Trinajstić information content (AvgIpc) is 2.81. The molecule has 26 heavy (non-hydrogen) atoms. The number of nitrogens with one attached hydrogen (secondary N) is 1. The molecule has 0 aromatic heterocycles. The minimum Gasteiger partial charge on any atom is -0.484 e. The molecule has 1 aliphatic rings. The third-order valence-corrected chi connectivity index (χ3v) is 4.44. The molecule has 0 saturated heterocycles. The van der Waals surface area contributed by atoms with Crippen LogP contribution in [0.5, 0.6) is 5.75 Å². The van der Waals surface area contributed by atoms with E-state index in [9.17, 15) is 18.0 Å². The van der Waals surface area contributed by atoms with Crippen LogP contribution in [-0.4, -0.2) is 24.7 Å². The van der Waals surface area contributed by atoms with E-state index >= 15 is 0 Å². The maximum Gasteiger partial charge on any atom is 0.422 e. The van der Waals surface area contributed by atoms with Gasteiger partial charge in [-0.05, 0) is 61.1 Å². The van der Waals surface area contributed by atoms with E-state index in [1.54, 1.807) is 0 Å². The SMILES string of the molecule is O=C(N[C@H]1CCCc2ccccc2C1)c1ccc(OCC(F)(F)F)cc1. The third-order valence-electron chi connectivity index (χ3n) is 4.44. The highest BCUT2D eigenvalue weighted by atomic mass is 19.4. The van der Waals surface area contributed by atoms with Crippen molar-refractivity contribution >= 4 is 5.91 Å². The molecule has 138 valence electrons. The highest BCUT2D eigenvalue weighted by Crippen LogP contribution is 2.22. The summed E-state index contributed by atoms with van der Waals surface area (Å²) >= 11 is 0. The van der Waals surface area contributed by atoms with Gasteiger partial charge in [0, 0.05) is 11.6 Å². The van der Waals surface area contributed by atoms with Gasteiger partial charge in [-0.1, -0.05) is 24.3 Å². The predicted molar refractivity (Wildman–Crippen MR) is 92.3 cm³/mol. The second kappa shape index (κ2) is 7.81. The number of alkyl halides is 3. The molecule has 1 amide bonds. The van der Waals surface area contributed by atoms with Gasteiger partial charge in [-0.3, -0.25) is 4.79 Å². The number of hydrogen-bond donors (Lipinski definition) is 1. The van der Waals surface area contributed by atoms with Crippen molar-refractivity contribution in [2.45, 2.75) is 37.9 Å². The van der Waals surface area contributed by atoms with Crippen molar-refractivity contribution in [2.24, 2.45) is 0 Å². The molecule has 6 heteroatoms. The van der Waals surface area contributed by atoms with E-state index in [0.717, 1.165) is 25.7 Å². The van der Waals surface area contributed by atoms with E-state index in [4.69, 9.17) is 0 Å². The lowest BCUT2D eigenvalue weighted by Crippen LogP contribution is -2.36. The average molecular weight is 363 g/mol.